The first-order valence-electron chi connectivity index (χ1n) is 6.98. The molecule has 0 bridgehead atoms. The van der Waals surface area contributed by atoms with Crippen LogP contribution in [0.4, 0.5) is 0 Å². The lowest BCUT2D eigenvalue weighted by molar-refractivity contribution is 0.156. The highest BCUT2D eigenvalue weighted by Crippen LogP contribution is 2.27. The van der Waals surface area contributed by atoms with Gasteiger partial charge in [0.05, 0.1) is 17.1 Å². The summed E-state index contributed by atoms with van der Waals surface area (Å²) in [6, 6.07) is -0.0670. The van der Waals surface area contributed by atoms with Crippen molar-refractivity contribution in [1.82, 2.24) is 0 Å². The van der Waals surface area contributed by atoms with Crippen molar-refractivity contribution in [2.24, 2.45) is 11.7 Å². The van der Waals surface area contributed by atoms with Crippen molar-refractivity contribution in [2.45, 2.75) is 69.8 Å². The Morgan fingerprint density at radius 3 is 2.28 bits per heavy atom. The van der Waals surface area contributed by atoms with Gasteiger partial charge in [-0.25, -0.2) is 8.42 Å². The Bertz CT molecular complexity index is 334. The largest absolute Gasteiger partial charge is 0.392 e. The van der Waals surface area contributed by atoms with Gasteiger partial charge in [0.15, 0.2) is 9.84 Å². The number of hydrogen-bond acceptors (Lipinski definition) is 4. The van der Waals surface area contributed by atoms with Crippen molar-refractivity contribution in [2.75, 3.05) is 5.75 Å². The van der Waals surface area contributed by atoms with E-state index in [2.05, 4.69) is 0 Å². The SMILES string of the molecule is CC(C)S(=O)(=O)CC(O)CC(N)C1CCCCC1. The van der Waals surface area contributed by atoms with E-state index in [0.29, 0.717) is 12.3 Å². The van der Waals surface area contributed by atoms with Gasteiger partial charge in [-0.3, -0.25) is 0 Å². The highest BCUT2D eigenvalue weighted by molar-refractivity contribution is 7.92. The molecule has 1 saturated carbocycles. The molecule has 1 fully saturated rings. The van der Waals surface area contributed by atoms with Gasteiger partial charge in [-0.05, 0) is 39.0 Å². The Hall–Kier alpha value is -0.130. The van der Waals surface area contributed by atoms with Crippen molar-refractivity contribution in [1.29, 1.82) is 0 Å². The number of hydrogen-bond donors (Lipinski definition) is 2. The molecule has 2 unspecified atom stereocenters. The molecule has 108 valence electrons. The summed E-state index contributed by atoms with van der Waals surface area (Å²) < 4.78 is 23.4. The molecule has 0 heterocycles. The summed E-state index contributed by atoms with van der Waals surface area (Å²) in [7, 11) is -3.18. The molecule has 1 rings (SSSR count). The molecule has 1 aliphatic carbocycles. The Labute approximate surface area is 111 Å². The van der Waals surface area contributed by atoms with E-state index in [9.17, 15) is 13.5 Å². The number of nitrogens with two attached hydrogens (primary N) is 1. The lowest BCUT2D eigenvalue weighted by atomic mass is 9.82. The van der Waals surface area contributed by atoms with Crippen LogP contribution in [0.5, 0.6) is 0 Å². The van der Waals surface area contributed by atoms with Crippen molar-refractivity contribution in [3.8, 4) is 0 Å². The fraction of sp³-hybridized carbons (Fsp3) is 1.00. The topological polar surface area (TPSA) is 80.4 Å². The van der Waals surface area contributed by atoms with Crippen LogP contribution in [-0.4, -0.2) is 36.7 Å². The van der Waals surface area contributed by atoms with Gasteiger partial charge in [-0.15, -0.1) is 0 Å². The van der Waals surface area contributed by atoms with Crippen LogP contribution in [0, 0.1) is 5.92 Å². The van der Waals surface area contributed by atoms with Crippen LogP contribution in [0.1, 0.15) is 52.4 Å². The van der Waals surface area contributed by atoms with Crippen LogP contribution < -0.4 is 5.73 Å². The Balaban J connectivity index is 2.41. The third-order valence-corrected chi connectivity index (χ3v) is 6.23. The minimum absolute atomic E-state index is 0.0670. The molecule has 0 saturated heterocycles. The molecule has 2 atom stereocenters. The zero-order valence-corrected chi connectivity index (χ0v) is 12.3. The van der Waals surface area contributed by atoms with E-state index in [-0.39, 0.29) is 11.8 Å². The molecule has 18 heavy (non-hydrogen) atoms. The number of aliphatic hydroxyl groups is 1. The summed E-state index contributed by atoms with van der Waals surface area (Å²) in [5.74, 6) is 0.292. The van der Waals surface area contributed by atoms with Gasteiger partial charge < -0.3 is 10.8 Å². The molecule has 0 aliphatic heterocycles. The zero-order valence-electron chi connectivity index (χ0n) is 11.5. The smallest absolute Gasteiger partial charge is 0.155 e. The van der Waals surface area contributed by atoms with Gasteiger partial charge in [-0.1, -0.05) is 19.3 Å². The summed E-state index contributed by atoms with van der Waals surface area (Å²) in [6.45, 7) is 3.28. The molecule has 5 heteroatoms. The molecular formula is C13H27NO3S. The molecule has 0 aromatic rings. The third kappa shape index (κ3) is 4.86. The van der Waals surface area contributed by atoms with E-state index in [1.165, 1.54) is 19.3 Å². The third-order valence-electron chi connectivity index (χ3n) is 3.94. The van der Waals surface area contributed by atoms with Crippen molar-refractivity contribution in [3.05, 3.63) is 0 Å². The van der Waals surface area contributed by atoms with E-state index >= 15 is 0 Å². The minimum atomic E-state index is -3.18. The molecule has 0 aromatic carbocycles. The normalized spacial score (nSPS) is 22.1. The second-order valence-electron chi connectivity index (χ2n) is 5.83. The first kappa shape index (κ1) is 15.9. The van der Waals surface area contributed by atoms with Gasteiger partial charge in [0.1, 0.15) is 0 Å². The monoisotopic (exact) mass is 277 g/mol. The second-order valence-corrected chi connectivity index (χ2v) is 8.43. The Morgan fingerprint density at radius 2 is 1.78 bits per heavy atom. The molecule has 0 amide bonds. The lowest BCUT2D eigenvalue weighted by Crippen LogP contribution is -2.38. The minimum Gasteiger partial charge on any atom is -0.392 e. The maximum absolute atomic E-state index is 11.7. The van der Waals surface area contributed by atoms with E-state index in [0.717, 1.165) is 12.8 Å². The van der Waals surface area contributed by atoms with Gasteiger partial charge >= 0.3 is 0 Å². The van der Waals surface area contributed by atoms with Crippen LogP contribution in [-0.2, 0) is 9.84 Å². The van der Waals surface area contributed by atoms with E-state index < -0.39 is 21.2 Å². The maximum Gasteiger partial charge on any atom is 0.155 e. The van der Waals surface area contributed by atoms with E-state index in [1.54, 1.807) is 13.8 Å². The lowest BCUT2D eigenvalue weighted by Gasteiger charge is -2.29. The van der Waals surface area contributed by atoms with Gasteiger partial charge in [-0.2, -0.15) is 0 Å². The average molecular weight is 277 g/mol. The first-order valence-corrected chi connectivity index (χ1v) is 8.69. The van der Waals surface area contributed by atoms with Gasteiger partial charge in [0.25, 0.3) is 0 Å². The van der Waals surface area contributed by atoms with Crippen LogP contribution in [0.25, 0.3) is 0 Å². The molecule has 3 N–H and O–H groups in total. The molecule has 4 nitrogen and oxygen atoms in total. The highest BCUT2D eigenvalue weighted by Gasteiger charge is 2.26. The molecule has 1 aliphatic rings. The standard InChI is InChI=1S/C13H27NO3S/c1-10(2)18(16,17)9-12(15)8-13(14)11-6-4-3-5-7-11/h10-13,15H,3-9,14H2,1-2H3. The summed E-state index contributed by atoms with van der Waals surface area (Å²) in [6.07, 6.45) is 5.49. The average Bonchev–Trinajstić information content (AvgIpc) is 2.29. The van der Waals surface area contributed by atoms with Crippen molar-refractivity contribution in [3.63, 3.8) is 0 Å². The molecule has 0 radical (unpaired) electrons. The van der Waals surface area contributed by atoms with Crippen LogP contribution >= 0.6 is 0 Å². The van der Waals surface area contributed by atoms with Crippen LogP contribution in [0.3, 0.4) is 0 Å². The predicted octanol–water partition coefficient (Wildman–Crippen LogP) is 1.47. The Morgan fingerprint density at radius 1 is 1.22 bits per heavy atom. The highest BCUT2D eigenvalue weighted by atomic mass is 32.2. The zero-order chi connectivity index (χ0) is 13.8. The molecule has 0 aromatic heterocycles. The summed E-state index contributed by atoms with van der Waals surface area (Å²) in [5, 5.41) is 9.44. The second kappa shape index (κ2) is 6.87. The van der Waals surface area contributed by atoms with Crippen molar-refractivity contribution < 1.29 is 13.5 Å². The quantitative estimate of drug-likeness (QED) is 0.770. The van der Waals surface area contributed by atoms with Crippen molar-refractivity contribution >= 4 is 9.84 Å². The van der Waals surface area contributed by atoms with Crippen LogP contribution in [0.2, 0.25) is 0 Å². The van der Waals surface area contributed by atoms with Gasteiger partial charge in [0, 0.05) is 6.04 Å². The van der Waals surface area contributed by atoms with Gasteiger partial charge in [0.2, 0.25) is 0 Å². The number of rotatable bonds is 6. The van der Waals surface area contributed by atoms with E-state index in [1.807, 2.05) is 0 Å². The van der Waals surface area contributed by atoms with Crippen LogP contribution in [0.15, 0.2) is 0 Å². The molecular weight excluding hydrogens is 250 g/mol. The predicted molar refractivity (Wildman–Crippen MR) is 74.1 cm³/mol. The summed E-state index contributed by atoms with van der Waals surface area (Å²) in [5.41, 5.74) is 6.09. The summed E-state index contributed by atoms with van der Waals surface area (Å²) >= 11 is 0. The number of aliphatic hydroxyl groups excluding tert-OH is 1. The first-order chi connectivity index (χ1) is 8.33. The van der Waals surface area contributed by atoms with E-state index in [4.69, 9.17) is 5.73 Å². The number of sulfone groups is 1. The maximum atomic E-state index is 11.7. The Kier molecular flexibility index (Phi) is 6.08. The molecule has 0 spiro atoms. The fourth-order valence-corrected chi connectivity index (χ4v) is 3.65. The fourth-order valence-electron chi connectivity index (χ4n) is 2.60. The summed E-state index contributed by atoms with van der Waals surface area (Å²) in [4.78, 5) is 0.